The quantitative estimate of drug-likeness (QED) is 0.638. The van der Waals surface area contributed by atoms with Crippen LogP contribution in [-0.4, -0.2) is 22.0 Å². The molecule has 0 bridgehead atoms. The van der Waals surface area contributed by atoms with Gasteiger partial charge in [0, 0.05) is 42.2 Å². The van der Waals surface area contributed by atoms with E-state index in [1.807, 2.05) is 12.1 Å². The topological polar surface area (TPSA) is 77.6 Å². The lowest BCUT2D eigenvalue weighted by molar-refractivity contribution is 0.202. The van der Waals surface area contributed by atoms with Gasteiger partial charge < -0.3 is 15.4 Å². The fourth-order valence-corrected chi connectivity index (χ4v) is 3.96. The first kappa shape index (κ1) is 21.8. The lowest BCUT2D eigenvalue weighted by Crippen LogP contribution is -2.39. The largest absolute Gasteiger partial charge is 0.487 e. The summed E-state index contributed by atoms with van der Waals surface area (Å²) in [6.07, 6.45) is 0.623. The number of rotatable bonds is 4. The smallest absolute Gasteiger partial charge is 0.315 e. The lowest BCUT2D eigenvalue weighted by atomic mass is 9.99. The third-order valence-corrected chi connectivity index (χ3v) is 5.82. The third-order valence-electron chi connectivity index (χ3n) is 5.47. The number of fused-ring (bicyclic) bond motifs is 1. The van der Waals surface area contributed by atoms with Gasteiger partial charge in [0.25, 0.3) is 5.56 Å². The number of amides is 2. The van der Waals surface area contributed by atoms with Gasteiger partial charge in [-0.05, 0) is 48.7 Å². The highest BCUT2D eigenvalue weighted by atomic mass is 35.5. The Labute approximate surface area is 187 Å². The number of halogens is 3. The molecule has 6 nitrogen and oxygen atoms in total. The van der Waals surface area contributed by atoms with Crippen LogP contribution in [0, 0.1) is 18.6 Å². The van der Waals surface area contributed by atoms with Gasteiger partial charge in [-0.1, -0.05) is 17.7 Å². The van der Waals surface area contributed by atoms with E-state index >= 15 is 0 Å². The monoisotopic (exact) mass is 459 g/mol. The van der Waals surface area contributed by atoms with E-state index in [0.717, 1.165) is 23.3 Å². The molecule has 0 fully saturated rings. The second kappa shape index (κ2) is 8.63. The van der Waals surface area contributed by atoms with Gasteiger partial charge in [0.05, 0.1) is 0 Å². The molecule has 0 aliphatic carbocycles. The van der Waals surface area contributed by atoms with Crippen LogP contribution in [0.5, 0.6) is 5.75 Å². The van der Waals surface area contributed by atoms with Crippen molar-refractivity contribution >= 4 is 17.6 Å². The van der Waals surface area contributed by atoms with E-state index < -0.39 is 23.2 Å². The minimum Gasteiger partial charge on any atom is -0.487 e. The van der Waals surface area contributed by atoms with Crippen molar-refractivity contribution < 1.29 is 18.3 Å². The Kier molecular flexibility index (Phi) is 5.88. The summed E-state index contributed by atoms with van der Waals surface area (Å²) in [6, 6.07) is 9.85. The Morgan fingerprint density at radius 1 is 1.16 bits per heavy atom. The average molecular weight is 460 g/mol. The first-order valence-electron chi connectivity index (χ1n) is 9.90. The van der Waals surface area contributed by atoms with Gasteiger partial charge in [-0.15, -0.1) is 0 Å². The zero-order chi connectivity index (χ0) is 23.0. The van der Waals surface area contributed by atoms with E-state index in [4.69, 9.17) is 22.1 Å². The second-order valence-electron chi connectivity index (χ2n) is 7.59. The molecule has 1 aromatic heterocycles. The highest BCUT2D eigenvalue weighted by Gasteiger charge is 2.20. The maximum absolute atomic E-state index is 13.9. The normalized spacial score (nSPS) is 13.1. The van der Waals surface area contributed by atoms with Crippen molar-refractivity contribution in [3.8, 4) is 11.4 Å². The van der Waals surface area contributed by atoms with Gasteiger partial charge in [-0.2, -0.15) is 0 Å². The van der Waals surface area contributed by atoms with Crippen LogP contribution < -0.4 is 16.0 Å². The zero-order valence-corrected chi connectivity index (χ0v) is 18.0. The van der Waals surface area contributed by atoms with Crippen molar-refractivity contribution in [2.75, 3.05) is 6.54 Å². The molecule has 0 atom stereocenters. The van der Waals surface area contributed by atoms with Crippen LogP contribution in [0.2, 0.25) is 5.02 Å². The van der Waals surface area contributed by atoms with Crippen LogP contribution in [-0.2, 0) is 19.6 Å². The molecular weight excluding hydrogens is 440 g/mol. The summed E-state index contributed by atoms with van der Waals surface area (Å²) in [5.74, 6) is -1.31. The SMILES string of the molecule is Cc1cc(OCc2ccc(F)cc2F)c(Cl)c(=O)n1-c1ccc2c(c1)CCN(C(N)=O)C2. The van der Waals surface area contributed by atoms with Crippen LogP contribution in [0.4, 0.5) is 13.6 Å². The van der Waals surface area contributed by atoms with Crippen molar-refractivity contribution in [2.24, 2.45) is 5.73 Å². The van der Waals surface area contributed by atoms with Gasteiger partial charge in [0.15, 0.2) is 0 Å². The number of ether oxygens (including phenoxy) is 1. The van der Waals surface area contributed by atoms with Crippen LogP contribution in [0.3, 0.4) is 0 Å². The van der Waals surface area contributed by atoms with Crippen LogP contribution in [0.1, 0.15) is 22.4 Å². The molecule has 1 aliphatic rings. The van der Waals surface area contributed by atoms with E-state index in [1.54, 1.807) is 24.0 Å². The Bertz CT molecular complexity index is 1280. The predicted octanol–water partition coefficient (Wildman–Crippen LogP) is 4.09. The Balaban J connectivity index is 1.62. The second-order valence-corrected chi connectivity index (χ2v) is 7.97. The Morgan fingerprint density at radius 3 is 2.66 bits per heavy atom. The third kappa shape index (κ3) is 4.18. The zero-order valence-electron chi connectivity index (χ0n) is 17.2. The fraction of sp³-hybridized carbons (Fsp3) is 0.217. The summed E-state index contributed by atoms with van der Waals surface area (Å²) in [5.41, 5.74) is 8.24. The fourth-order valence-electron chi connectivity index (χ4n) is 3.77. The van der Waals surface area contributed by atoms with E-state index in [0.29, 0.717) is 30.9 Å². The van der Waals surface area contributed by atoms with E-state index in [-0.39, 0.29) is 22.9 Å². The molecule has 0 radical (unpaired) electrons. The molecule has 0 saturated carbocycles. The first-order chi connectivity index (χ1) is 15.2. The van der Waals surface area contributed by atoms with Crippen molar-refractivity contribution in [2.45, 2.75) is 26.5 Å². The summed E-state index contributed by atoms with van der Waals surface area (Å²) < 4.78 is 34.0. The van der Waals surface area contributed by atoms with Crippen molar-refractivity contribution in [1.29, 1.82) is 0 Å². The van der Waals surface area contributed by atoms with E-state index in [9.17, 15) is 18.4 Å². The molecule has 2 amide bonds. The average Bonchev–Trinajstić information content (AvgIpc) is 2.75. The number of carbonyl (C=O) groups is 1. The molecule has 32 heavy (non-hydrogen) atoms. The molecule has 1 aliphatic heterocycles. The van der Waals surface area contributed by atoms with Gasteiger partial charge in [-0.25, -0.2) is 13.6 Å². The molecule has 2 aromatic carbocycles. The van der Waals surface area contributed by atoms with Crippen molar-refractivity contribution in [1.82, 2.24) is 9.47 Å². The summed E-state index contributed by atoms with van der Waals surface area (Å²) in [5, 5.41) is -0.143. The highest BCUT2D eigenvalue weighted by molar-refractivity contribution is 6.31. The Hall–Kier alpha value is -3.39. The number of aryl methyl sites for hydroxylation is 1. The maximum Gasteiger partial charge on any atom is 0.315 e. The first-order valence-corrected chi connectivity index (χ1v) is 10.3. The summed E-state index contributed by atoms with van der Waals surface area (Å²) in [6.45, 7) is 2.46. The Morgan fingerprint density at radius 2 is 1.94 bits per heavy atom. The summed E-state index contributed by atoms with van der Waals surface area (Å²) >= 11 is 6.28. The highest BCUT2D eigenvalue weighted by Crippen LogP contribution is 2.27. The number of pyridine rings is 1. The summed E-state index contributed by atoms with van der Waals surface area (Å²) in [7, 11) is 0. The lowest BCUT2D eigenvalue weighted by Gasteiger charge is -2.28. The van der Waals surface area contributed by atoms with E-state index in [1.165, 1.54) is 10.6 Å². The van der Waals surface area contributed by atoms with Gasteiger partial charge in [0.2, 0.25) is 0 Å². The van der Waals surface area contributed by atoms with Gasteiger partial charge in [-0.3, -0.25) is 9.36 Å². The number of carbonyl (C=O) groups excluding carboxylic acids is 1. The predicted molar refractivity (Wildman–Crippen MR) is 116 cm³/mol. The molecule has 166 valence electrons. The molecule has 2 heterocycles. The van der Waals surface area contributed by atoms with Crippen LogP contribution >= 0.6 is 11.6 Å². The summed E-state index contributed by atoms with van der Waals surface area (Å²) in [4.78, 5) is 26.0. The molecular formula is C23H20ClF2N3O3. The number of primary amides is 1. The molecule has 9 heteroatoms. The number of hydrogen-bond donors (Lipinski definition) is 1. The number of nitrogens with zero attached hydrogens (tertiary/aromatic N) is 2. The number of benzene rings is 2. The van der Waals surface area contributed by atoms with Gasteiger partial charge in [0.1, 0.15) is 29.0 Å². The number of urea groups is 1. The van der Waals surface area contributed by atoms with Crippen LogP contribution in [0.25, 0.3) is 5.69 Å². The molecule has 4 rings (SSSR count). The minimum absolute atomic E-state index is 0.115. The van der Waals surface area contributed by atoms with Crippen molar-refractivity contribution in [3.63, 3.8) is 0 Å². The standard InChI is InChI=1S/C23H20ClF2N3O3/c1-13-8-20(32-12-16-2-4-17(25)10-19(16)26)21(24)22(30)29(13)18-5-3-15-11-28(23(27)31)7-6-14(15)9-18/h2-5,8-10H,6-7,11-12H2,1H3,(H2,27,31). The number of nitrogens with two attached hydrogens (primary N) is 1. The van der Waals surface area contributed by atoms with E-state index in [2.05, 4.69) is 0 Å². The van der Waals surface area contributed by atoms with Crippen LogP contribution in [0.15, 0.2) is 47.3 Å². The minimum atomic E-state index is -0.741. The van der Waals surface area contributed by atoms with Crippen molar-refractivity contribution in [3.05, 3.63) is 91.9 Å². The molecule has 0 spiro atoms. The van der Waals surface area contributed by atoms with Gasteiger partial charge >= 0.3 is 6.03 Å². The maximum atomic E-state index is 13.9. The number of aromatic nitrogens is 1. The number of hydrogen-bond acceptors (Lipinski definition) is 3. The molecule has 0 unspecified atom stereocenters. The molecule has 0 saturated heterocycles. The molecule has 3 aromatic rings. The molecule has 2 N–H and O–H groups in total.